The Morgan fingerprint density at radius 1 is 1.44 bits per heavy atom. The van der Waals surface area contributed by atoms with Crippen LogP contribution < -0.4 is 10.9 Å². The minimum Gasteiger partial charge on any atom is -0.332 e. The predicted octanol–water partition coefficient (Wildman–Crippen LogP) is 1.47. The van der Waals surface area contributed by atoms with E-state index in [0.29, 0.717) is 5.69 Å². The van der Waals surface area contributed by atoms with Gasteiger partial charge in [0.15, 0.2) is 5.15 Å². The Morgan fingerprint density at radius 3 is 2.89 bits per heavy atom. The molecule has 0 aliphatic rings. The molecule has 0 aromatic carbocycles. The van der Waals surface area contributed by atoms with Crippen LogP contribution >= 0.6 is 11.6 Å². The molecule has 0 unspecified atom stereocenters. The lowest BCUT2D eigenvalue weighted by atomic mass is 10.4. The fourth-order valence-electron chi connectivity index (χ4n) is 1.26. The number of aromatic amines is 1. The maximum Gasteiger partial charge on any atom is 0.376 e. The van der Waals surface area contributed by atoms with Gasteiger partial charge in [-0.2, -0.15) is 0 Å². The van der Waals surface area contributed by atoms with E-state index in [4.69, 9.17) is 11.6 Å². The molecule has 9 heteroatoms. The molecule has 92 valence electrons. The second-order valence-electron chi connectivity index (χ2n) is 3.15. The van der Waals surface area contributed by atoms with Crippen molar-refractivity contribution in [3.8, 4) is 0 Å². The average molecular weight is 268 g/mol. The largest absolute Gasteiger partial charge is 0.376 e. The molecule has 2 aromatic heterocycles. The third kappa shape index (κ3) is 2.28. The number of nitrogens with zero attached hydrogens (tertiary/aromatic N) is 3. The summed E-state index contributed by atoms with van der Waals surface area (Å²) in [4.78, 5) is 30.9. The van der Waals surface area contributed by atoms with Crippen LogP contribution in [0.3, 0.4) is 0 Å². The highest BCUT2D eigenvalue weighted by molar-refractivity contribution is 6.32. The fraction of sp³-hybridized carbons (Fsp3) is 0. The molecule has 0 spiro atoms. The lowest BCUT2D eigenvalue weighted by Gasteiger charge is -2.05. The van der Waals surface area contributed by atoms with Gasteiger partial charge in [0.25, 0.3) is 0 Å². The first kappa shape index (κ1) is 12.0. The van der Waals surface area contributed by atoms with Crippen LogP contribution in [0.2, 0.25) is 5.15 Å². The summed E-state index contributed by atoms with van der Waals surface area (Å²) in [7, 11) is 0. The van der Waals surface area contributed by atoms with Crippen molar-refractivity contribution in [3.05, 3.63) is 50.3 Å². The van der Waals surface area contributed by atoms with Crippen LogP contribution in [0, 0.1) is 10.1 Å². The molecule has 0 saturated heterocycles. The second kappa shape index (κ2) is 4.80. The topological polar surface area (TPSA) is 114 Å². The van der Waals surface area contributed by atoms with E-state index in [1.807, 2.05) is 0 Å². The van der Waals surface area contributed by atoms with Crippen molar-refractivity contribution in [1.82, 2.24) is 15.0 Å². The summed E-state index contributed by atoms with van der Waals surface area (Å²) < 4.78 is 0. The first-order valence-electron chi connectivity index (χ1n) is 4.69. The number of nitro groups is 1. The van der Waals surface area contributed by atoms with E-state index in [0.717, 1.165) is 6.33 Å². The number of hydrogen-bond donors (Lipinski definition) is 2. The molecule has 2 rings (SSSR count). The van der Waals surface area contributed by atoms with E-state index in [1.165, 1.54) is 6.20 Å². The summed E-state index contributed by atoms with van der Waals surface area (Å²) in [5.41, 5.74) is -1.21. The first-order valence-corrected chi connectivity index (χ1v) is 5.07. The van der Waals surface area contributed by atoms with Gasteiger partial charge in [0.2, 0.25) is 5.82 Å². The first-order chi connectivity index (χ1) is 8.59. The molecular formula is C9H6ClN5O3. The number of rotatable bonds is 3. The maximum atomic E-state index is 11.3. The molecular weight excluding hydrogens is 262 g/mol. The van der Waals surface area contributed by atoms with Crippen LogP contribution in [0.5, 0.6) is 0 Å². The van der Waals surface area contributed by atoms with E-state index in [9.17, 15) is 14.9 Å². The van der Waals surface area contributed by atoms with E-state index < -0.39 is 16.2 Å². The van der Waals surface area contributed by atoms with Crippen molar-refractivity contribution in [2.75, 3.05) is 5.32 Å². The number of halogens is 1. The third-order valence-corrected chi connectivity index (χ3v) is 2.32. The summed E-state index contributed by atoms with van der Waals surface area (Å²) in [5.74, 6) is -0.196. The normalized spacial score (nSPS) is 10.1. The molecule has 2 heterocycles. The number of pyridine rings is 1. The number of anilines is 2. The van der Waals surface area contributed by atoms with Crippen LogP contribution in [0.25, 0.3) is 0 Å². The van der Waals surface area contributed by atoms with Crippen LogP contribution in [0.15, 0.2) is 29.5 Å². The Balaban J connectivity index is 2.48. The quantitative estimate of drug-likeness (QED) is 0.494. The minimum absolute atomic E-state index is 0.119. The highest BCUT2D eigenvalue weighted by atomic mass is 35.5. The van der Waals surface area contributed by atoms with Crippen molar-refractivity contribution in [2.45, 2.75) is 0 Å². The van der Waals surface area contributed by atoms with Crippen molar-refractivity contribution in [3.63, 3.8) is 0 Å². The van der Waals surface area contributed by atoms with Crippen LogP contribution in [0.1, 0.15) is 0 Å². The molecule has 0 bridgehead atoms. The van der Waals surface area contributed by atoms with E-state index in [2.05, 4.69) is 20.3 Å². The molecule has 0 saturated carbocycles. The van der Waals surface area contributed by atoms with Crippen molar-refractivity contribution in [2.24, 2.45) is 0 Å². The van der Waals surface area contributed by atoms with E-state index >= 15 is 0 Å². The van der Waals surface area contributed by atoms with E-state index in [1.54, 1.807) is 12.1 Å². The highest BCUT2D eigenvalue weighted by Gasteiger charge is 2.21. The van der Waals surface area contributed by atoms with Gasteiger partial charge in [0, 0.05) is 6.20 Å². The second-order valence-corrected chi connectivity index (χ2v) is 3.51. The Labute approximate surface area is 105 Å². The van der Waals surface area contributed by atoms with Crippen molar-refractivity contribution < 1.29 is 4.92 Å². The monoisotopic (exact) mass is 267 g/mol. The number of nitrogens with one attached hydrogen (secondary N) is 2. The molecule has 2 N–H and O–H groups in total. The zero-order chi connectivity index (χ0) is 13.1. The maximum absolute atomic E-state index is 11.3. The molecule has 0 radical (unpaired) electrons. The summed E-state index contributed by atoms with van der Waals surface area (Å²) in [6.45, 7) is 0. The molecule has 0 amide bonds. The van der Waals surface area contributed by atoms with Gasteiger partial charge < -0.3 is 10.3 Å². The van der Waals surface area contributed by atoms with Gasteiger partial charge in [0.05, 0.1) is 16.9 Å². The number of H-pyrrole nitrogens is 1. The highest BCUT2D eigenvalue weighted by Crippen LogP contribution is 2.25. The van der Waals surface area contributed by atoms with Crippen LogP contribution in [0.4, 0.5) is 17.2 Å². The zero-order valence-electron chi connectivity index (χ0n) is 8.75. The Morgan fingerprint density at radius 2 is 2.22 bits per heavy atom. The number of hydrogen-bond acceptors (Lipinski definition) is 6. The van der Waals surface area contributed by atoms with Gasteiger partial charge >= 0.3 is 11.2 Å². The Bertz CT molecular complexity index is 657. The lowest BCUT2D eigenvalue weighted by Crippen LogP contribution is -2.14. The molecule has 8 nitrogen and oxygen atoms in total. The third-order valence-electron chi connectivity index (χ3n) is 2.02. The van der Waals surface area contributed by atoms with Gasteiger partial charge in [-0.1, -0.05) is 11.6 Å². The zero-order valence-corrected chi connectivity index (χ0v) is 9.51. The average Bonchev–Trinajstić information content (AvgIpc) is 2.31. The molecule has 18 heavy (non-hydrogen) atoms. The summed E-state index contributed by atoms with van der Waals surface area (Å²) in [5, 5.41) is 13.5. The van der Waals surface area contributed by atoms with E-state index in [-0.39, 0.29) is 11.0 Å². The van der Waals surface area contributed by atoms with Gasteiger partial charge in [-0.15, -0.1) is 0 Å². The van der Waals surface area contributed by atoms with Gasteiger partial charge in [-0.25, -0.2) is 9.97 Å². The smallest absolute Gasteiger partial charge is 0.332 e. The Hall–Kier alpha value is -2.48. The minimum atomic E-state index is -0.850. The Kier molecular flexibility index (Phi) is 3.20. The van der Waals surface area contributed by atoms with Gasteiger partial charge in [-0.05, 0) is 12.1 Å². The summed E-state index contributed by atoms with van der Waals surface area (Å²) >= 11 is 5.79. The fourth-order valence-corrected chi connectivity index (χ4v) is 1.43. The van der Waals surface area contributed by atoms with Crippen molar-refractivity contribution in [1.29, 1.82) is 0 Å². The molecule has 0 fully saturated rings. The molecule has 0 aliphatic carbocycles. The van der Waals surface area contributed by atoms with Crippen LogP contribution in [-0.2, 0) is 0 Å². The standard InChI is InChI=1S/C9H6ClN5O3/c10-7-5(2-1-3-11-7)14-8-6(15(17)18)9(16)13-4-12-8/h1-4H,(H2,12,13,14,16). The van der Waals surface area contributed by atoms with Crippen LogP contribution in [-0.4, -0.2) is 19.9 Å². The summed E-state index contributed by atoms with van der Waals surface area (Å²) in [6.07, 6.45) is 2.52. The molecule has 0 aliphatic heterocycles. The lowest BCUT2D eigenvalue weighted by molar-refractivity contribution is -0.385. The molecule has 0 atom stereocenters. The van der Waals surface area contributed by atoms with Gasteiger partial charge in [-0.3, -0.25) is 14.9 Å². The molecule has 2 aromatic rings. The van der Waals surface area contributed by atoms with Gasteiger partial charge in [0.1, 0.15) is 0 Å². The predicted molar refractivity (Wildman–Crippen MR) is 64.0 cm³/mol. The summed E-state index contributed by atoms with van der Waals surface area (Å²) in [6, 6.07) is 3.15. The number of aromatic nitrogens is 3. The SMILES string of the molecule is O=c1[nH]cnc(Nc2cccnc2Cl)c1[N+](=O)[O-]. The van der Waals surface area contributed by atoms with Crippen molar-refractivity contribution >= 4 is 28.8 Å².